The number of anilines is 2. The molecule has 0 atom stereocenters. The molecule has 1 saturated carbocycles. The Kier molecular flexibility index (Phi) is 6.98. The van der Waals surface area contributed by atoms with Crippen LogP contribution in [0.3, 0.4) is 0 Å². The summed E-state index contributed by atoms with van der Waals surface area (Å²) in [5.41, 5.74) is 2.32. The monoisotopic (exact) mass is 465 g/mol. The van der Waals surface area contributed by atoms with Crippen molar-refractivity contribution in [3.63, 3.8) is 0 Å². The lowest BCUT2D eigenvalue weighted by atomic mass is 9.94. The fraction of sp³-hybridized carbons (Fsp3) is 0.455. The van der Waals surface area contributed by atoms with Crippen LogP contribution in [0.15, 0.2) is 52.3 Å². The highest BCUT2D eigenvalue weighted by molar-refractivity contribution is 7.92. The number of nitrogens with zero attached hydrogens (tertiary/aromatic N) is 2. The van der Waals surface area contributed by atoms with E-state index in [-0.39, 0.29) is 9.79 Å². The summed E-state index contributed by atoms with van der Waals surface area (Å²) in [7, 11) is -2.63. The molecule has 0 aromatic heterocycles. The van der Waals surface area contributed by atoms with E-state index in [9.17, 15) is 16.8 Å². The van der Waals surface area contributed by atoms with Crippen LogP contribution >= 0.6 is 0 Å². The molecule has 0 unspecified atom stereocenters. The van der Waals surface area contributed by atoms with Crippen LogP contribution in [0.5, 0.6) is 0 Å². The second-order valence-corrected chi connectivity index (χ2v) is 12.1. The average Bonchev–Trinajstić information content (AvgIpc) is 2.74. The van der Waals surface area contributed by atoms with Gasteiger partial charge >= 0.3 is 0 Å². The zero-order valence-corrected chi connectivity index (χ0v) is 20.1. The summed E-state index contributed by atoms with van der Waals surface area (Å²) in [6.07, 6.45) is 5.81. The van der Waals surface area contributed by atoms with E-state index >= 15 is 0 Å². The summed E-state index contributed by atoms with van der Waals surface area (Å²) >= 11 is 0. The lowest BCUT2D eigenvalue weighted by molar-refractivity contribution is 0.428. The summed E-state index contributed by atoms with van der Waals surface area (Å²) in [6, 6.07) is 11.4. The van der Waals surface area contributed by atoms with Crippen molar-refractivity contribution in [3.8, 4) is 0 Å². The van der Waals surface area contributed by atoms with Gasteiger partial charge in [-0.2, -0.15) is 0 Å². The SMILES string of the molecule is Cc1ccc(N(C)C2CCCCC2)c(NS(=O)(=O)c2ccc(S(=O)(=O)N(C)C)cc2)c1. The molecule has 170 valence electrons. The van der Waals surface area contributed by atoms with Crippen molar-refractivity contribution in [1.29, 1.82) is 0 Å². The van der Waals surface area contributed by atoms with E-state index in [4.69, 9.17) is 0 Å². The molecule has 0 amide bonds. The summed E-state index contributed by atoms with van der Waals surface area (Å²) in [4.78, 5) is 2.23. The molecule has 0 heterocycles. The quantitative estimate of drug-likeness (QED) is 0.672. The molecule has 31 heavy (non-hydrogen) atoms. The molecule has 0 bridgehead atoms. The van der Waals surface area contributed by atoms with Crippen LogP contribution in [0, 0.1) is 6.92 Å². The number of rotatable bonds is 7. The highest BCUT2D eigenvalue weighted by Crippen LogP contribution is 2.33. The van der Waals surface area contributed by atoms with Gasteiger partial charge in [-0.15, -0.1) is 0 Å². The summed E-state index contributed by atoms with van der Waals surface area (Å²) in [5, 5.41) is 0. The second kappa shape index (κ2) is 9.18. The van der Waals surface area contributed by atoms with E-state index in [0.717, 1.165) is 28.4 Å². The number of sulfonamides is 2. The van der Waals surface area contributed by atoms with Gasteiger partial charge in [-0.25, -0.2) is 21.1 Å². The van der Waals surface area contributed by atoms with Gasteiger partial charge < -0.3 is 4.90 Å². The molecule has 1 N–H and O–H groups in total. The van der Waals surface area contributed by atoms with Crippen LogP contribution in [0.25, 0.3) is 0 Å². The van der Waals surface area contributed by atoms with Crippen LogP contribution in [-0.2, 0) is 20.0 Å². The molecule has 9 heteroatoms. The zero-order chi connectivity index (χ0) is 22.8. The lowest BCUT2D eigenvalue weighted by Crippen LogP contribution is -2.34. The van der Waals surface area contributed by atoms with Crippen molar-refractivity contribution < 1.29 is 16.8 Å². The van der Waals surface area contributed by atoms with E-state index in [1.54, 1.807) is 0 Å². The third-order valence-electron chi connectivity index (χ3n) is 5.81. The minimum atomic E-state index is -3.88. The predicted octanol–water partition coefficient (Wildman–Crippen LogP) is 3.82. The molecular formula is C22H31N3O4S2. The van der Waals surface area contributed by atoms with Crippen LogP contribution < -0.4 is 9.62 Å². The second-order valence-electron chi connectivity index (χ2n) is 8.29. The van der Waals surface area contributed by atoms with E-state index in [2.05, 4.69) is 9.62 Å². The minimum Gasteiger partial charge on any atom is -0.370 e. The van der Waals surface area contributed by atoms with Crippen molar-refractivity contribution in [2.45, 2.75) is 54.9 Å². The molecule has 1 aliphatic carbocycles. The number of nitrogens with one attached hydrogen (secondary N) is 1. The smallest absolute Gasteiger partial charge is 0.261 e. The topological polar surface area (TPSA) is 86.8 Å². The molecular weight excluding hydrogens is 434 g/mol. The van der Waals surface area contributed by atoms with Crippen LogP contribution in [-0.4, -0.2) is 48.3 Å². The molecule has 2 aromatic carbocycles. The molecule has 1 aliphatic rings. The molecule has 3 rings (SSSR count). The Morgan fingerprint density at radius 1 is 0.839 bits per heavy atom. The van der Waals surface area contributed by atoms with Gasteiger partial charge in [-0.05, 0) is 61.7 Å². The van der Waals surface area contributed by atoms with Gasteiger partial charge in [0.25, 0.3) is 10.0 Å². The normalized spacial score (nSPS) is 15.8. The Morgan fingerprint density at radius 3 is 2.00 bits per heavy atom. The largest absolute Gasteiger partial charge is 0.370 e. The third-order valence-corrected chi connectivity index (χ3v) is 9.02. The van der Waals surface area contributed by atoms with Gasteiger partial charge in [0, 0.05) is 27.2 Å². The fourth-order valence-electron chi connectivity index (χ4n) is 3.91. The highest BCUT2D eigenvalue weighted by Gasteiger charge is 2.24. The zero-order valence-electron chi connectivity index (χ0n) is 18.5. The van der Waals surface area contributed by atoms with Crippen molar-refractivity contribution in [3.05, 3.63) is 48.0 Å². The highest BCUT2D eigenvalue weighted by atomic mass is 32.2. The maximum Gasteiger partial charge on any atom is 0.261 e. The summed E-state index contributed by atoms with van der Waals surface area (Å²) in [5.74, 6) is 0. The average molecular weight is 466 g/mol. The van der Waals surface area contributed by atoms with Gasteiger partial charge in [0.2, 0.25) is 10.0 Å². The van der Waals surface area contributed by atoms with Crippen molar-refractivity contribution in [2.24, 2.45) is 0 Å². The molecule has 0 spiro atoms. The Labute approximate surface area is 186 Å². The van der Waals surface area contributed by atoms with E-state index < -0.39 is 20.0 Å². The van der Waals surface area contributed by atoms with Gasteiger partial charge in [0.05, 0.1) is 21.2 Å². The minimum absolute atomic E-state index is 0.0120. The molecule has 0 aliphatic heterocycles. The maximum absolute atomic E-state index is 13.1. The number of hydrogen-bond donors (Lipinski definition) is 1. The fourth-order valence-corrected chi connectivity index (χ4v) is 5.88. The van der Waals surface area contributed by atoms with Crippen LogP contribution in [0.4, 0.5) is 11.4 Å². The first-order valence-corrected chi connectivity index (χ1v) is 13.3. The van der Waals surface area contributed by atoms with Crippen LogP contribution in [0.1, 0.15) is 37.7 Å². The number of benzene rings is 2. The van der Waals surface area contributed by atoms with Gasteiger partial charge in [-0.1, -0.05) is 25.3 Å². The maximum atomic E-state index is 13.1. The standard InChI is InChI=1S/C22H31N3O4S2/c1-17-10-15-22(25(4)18-8-6-5-7-9-18)21(16-17)23-30(26,27)19-11-13-20(14-12-19)31(28,29)24(2)3/h10-16,18,23H,5-9H2,1-4H3. The first-order valence-electron chi connectivity index (χ1n) is 10.4. The predicted molar refractivity (Wildman–Crippen MR) is 125 cm³/mol. The van der Waals surface area contributed by atoms with Crippen molar-refractivity contribution in [1.82, 2.24) is 4.31 Å². The first-order chi connectivity index (χ1) is 14.5. The molecule has 0 saturated heterocycles. The Balaban J connectivity index is 1.90. The molecule has 0 radical (unpaired) electrons. The molecule has 1 fully saturated rings. The Bertz CT molecular complexity index is 1120. The van der Waals surface area contributed by atoms with E-state index in [1.807, 2.05) is 32.2 Å². The van der Waals surface area contributed by atoms with Crippen LogP contribution in [0.2, 0.25) is 0 Å². The number of hydrogen-bond acceptors (Lipinski definition) is 5. The lowest BCUT2D eigenvalue weighted by Gasteiger charge is -2.34. The molecule has 7 nitrogen and oxygen atoms in total. The Morgan fingerprint density at radius 2 is 1.42 bits per heavy atom. The Hall–Kier alpha value is -2.10. The van der Waals surface area contributed by atoms with Gasteiger partial charge in [0.1, 0.15) is 0 Å². The van der Waals surface area contributed by atoms with Crippen molar-refractivity contribution in [2.75, 3.05) is 30.8 Å². The third kappa shape index (κ3) is 5.22. The van der Waals surface area contributed by atoms with Gasteiger partial charge in [0.15, 0.2) is 0 Å². The summed E-state index contributed by atoms with van der Waals surface area (Å²) < 4.78 is 54.4. The van der Waals surface area contributed by atoms with Gasteiger partial charge in [-0.3, -0.25) is 4.72 Å². The molecule has 2 aromatic rings. The van der Waals surface area contributed by atoms with Crippen molar-refractivity contribution >= 4 is 31.4 Å². The number of aryl methyl sites for hydroxylation is 1. The van der Waals surface area contributed by atoms with E-state index in [1.165, 1.54) is 57.6 Å². The summed E-state index contributed by atoms with van der Waals surface area (Å²) in [6.45, 7) is 1.92. The van der Waals surface area contributed by atoms with E-state index in [0.29, 0.717) is 11.7 Å². The first kappa shape index (κ1) is 23.6.